The van der Waals surface area contributed by atoms with E-state index < -0.39 is 29.2 Å². The number of pyridine rings is 6. The number of aliphatic hydroxyl groups is 1. The number of aromatic carboxylic acids is 1. The molecular weight excluding hydrogens is 2230 g/mol. The summed E-state index contributed by atoms with van der Waals surface area (Å²) in [6, 6.07) is 98.2. The summed E-state index contributed by atoms with van der Waals surface area (Å²) in [7, 11) is 0. The van der Waals surface area contributed by atoms with E-state index in [1.54, 1.807) is 109 Å². The van der Waals surface area contributed by atoms with Crippen molar-refractivity contribution < 1.29 is 138 Å². The molecule has 20 heteroatoms. The van der Waals surface area contributed by atoms with E-state index >= 15 is 0 Å². The van der Waals surface area contributed by atoms with E-state index in [0.29, 0.717) is 22.5 Å². The molecule has 0 saturated carbocycles. The minimum Gasteiger partial charge on any atom is -0.507 e. The Balaban J connectivity index is 0.000000217. The fourth-order valence-electron chi connectivity index (χ4n) is 9.43. The number of nitrogens with zero attached hydrogens (tertiary/aromatic N) is 6. The van der Waals surface area contributed by atoms with Crippen molar-refractivity contribution >= 4 is 71.4 Å². The second-order valence-corrected chi connectivity index (χ2v) is 21.9. The topological polar surface area (TPSA) is 152 Å². The van der Waals surface area contributed by atoms with Gasteiger partial charge in [-0.1, -0.05) is 181 Å². The van der Waals surface area contributed by atoms with Crippen LogP contribution in [0.2, 0.25) is 0 Å². The summed E-state index contributed by atoms with van der Waals surface area (Å²) in [6.07, 6.45) is 11.3. The van der Waals surface area contributed by atoms with E-state index in [9.17, 15) is 32.3 Å². The molecule has 0 unspecified atom stereocenters. The standard InChI is InChI=1S/C15H10N.C15H12O2.C13H8NS.C13H8N.2C11H6F2N.C6H5NO2.5Ir/c1-2-7-13(8-3-1)15-14-9-5-4-6-12(14)10-11-16-15;16-14(12-7-3-1-4-8-12)11-15(17)13-9-5-2-6-10-13;1-2-7-12-10(5-1)9-13(15-12)11-6-3-4-8-14-11;1-2-6-12-10(4-1)7-8-11-5-3-9-14-13(11)12;2*12-8-4-5-9(10(13)7-8)11-3-1-2-6-14-11;8-6(9)5-3-1-2-4-7-5;;;;;/h1-7,9-11H;1-11,16H;1-8H;1-5,7-9H;2*1-4,6-7H;1-4H,(H,8,9);;;;;/q-1;;4*-1;;;;;;. The second kappa shape index (κ2) is 44.7. The van der Waals surface area contributed by atoms with Gasteiger partial charge in [0.05, 0.1) is 0 Å². The van der Waals surface area contributed by atoms with Crippen molar-refractivity contribution in [2.75, 3.05) is 0 Å². The van der Waals surface area contributed by atoms with E-state index in [4.69, 9.17) is 5.11 Å². The van der Waals surface area contributed by atoms with Crippen LogP contribution in [0.4, 0.5) is 17.6 Å². The zero-order valence-corrected chi connectivity index (χ0v) is 66.9. The smallest absolute Gasteiger partial charge is 0.354 e. The molecule has 0 atom stereocenters. The maximum atomic E-state index is 13.2. The summed E-state index contributed by atoms with van der Waals surface area (Å²) in [5.41, 5.74) is 6.63. The number of halogens is 4. The van der Waals surface area contributed by atoms with Crippen molar-refractivity contribution in [2.45, 2.75) is 0 Å². The first-order chi connectivity index (χ1) is 48.4. The third-order valence-corrected chi connectivity index (χ3v) is 15.2. The number of carbonyl (C=O) groups excluding carboxylic acids is 1. The molecular formula is C84H55F4Ir5N6O4S-5. The predicted octanol–water partition coefficient (Wildman–Crippen LogP) is 20.5. The van der Waals surface area contributed by atoms with Gasteiger partial charge in [0.2, 0.25) is 0 Å². The Kier molecular flexibility index (Phi) is 36.5. The van der Waals surface area contributed by atoms with Crippen molar-refractivity contribution in [3.05, 3.63) is 393 Å². The summed E-state index contributed by atoms with van der Waals surface area (Å²) in [6.45, 7) is 0. The van der Waals surface area contributed by atoms with Crippen molar-refractivity contribution in [3.8, 4) is 44.3 Å². The Morgan fingerprint density at radius 2 is 0.923 bits per heavy atom. The van der Waals surface area contributed by atoms with Gasteiger partial charge in [-0.05, 0) is 90.8 Å². The Bertz CT molecular complexity index is 5110. The molecule has 16 rings (SSSR count). The average Bonchev–Trinajstić information content (AvgIpc) is 1.07. The van der Waals surface area contributed by atoms with Crippen LogP contribution >= 0.6 is 11.3 Å². The molecule has 0 fully saturated rings. The molecule has 9 aromatic carbocycles. The van der Waals surface area contributed by atoms with Crippen LogP contribution in [0.15, 0.2) is 322 Å². The predicted molar refractivity (Wildman–Crippen MR) is 384 cm³/mol. The van der Waals surface area contributed by atoms with Gasteiger partial charge in [-0.25, -0.2) is 21.1 Å². The van der Waals surface area contributed by atoms with Crippen molar-refractivity contribution in [3.63, 3.8) is 0 Å². The second-order valence-electron chi connectivity index (χ2n) is 20.9. The number of carboxylic acids is 1. The first kappa shape index (κ1) is 84.9. The Morgan fingerprint density at radius 1 is 0.413 bits per heavy atom. The van der Waals surface area contributed by atoms with Gasteiger partial charge in [0.15, 0.2) is 5.78 Å². The van der Waals surface area contributed by atoms with Crippen LogP contribution in [0.25, 0.3) is 92.6 Å². The number of hydrogen-bond donors (Lipinski definition) is 2. The van der Waals surface area contributed by atoms with E-state index in [1.165, 1.54) is 50.0 Å². The van der Waals surface area contributed by atoms with Crippen LogP contribution in [0.5, 0.6) is 0 Å². The maximum absolute atomic E-state index is 13.2. The Labute approximate surface area is 670 Å². The number of aromatic nitrogens is 6. The molecule has 0 aliphatic heterocycles. The minimum atomic E-state index is -0.990. The number of benzene rings is 9. The van der Waals surface area contributed by atoms with Gasteiger partial charge in [-0.2, -0.15) is 0 Å². The van der Waals surface area contributed by atoms with Gasteiger partial charge >= 0.3 is 5.97 Å². The third kappa shape index (κ3) is 25.0. The van der Waals surface area contributed by atoms with Gasteiger partial charge in [-0.15, -0.1) is 119 Å². The van der Waals surface area contributed by atoms with E-state index in [-0.39, 0.29) is 129 Å². The van der Waals surface area contributed by atoms with Crippen LogP contribution in [0.1, 0.15) is 26.4 Å². The first-order valence-corrected chi connectivity index (χ1v) is 31.3. The summed E-state index contributed by atoms with van der Waals surface area (Å²) in [5.74, 6) is -3.78. The van der Waals surface area contributed by atoms with Gasteiger partial charge < -0.3 is 35.1 Å². The number of thiophene rings is 1. The summed E-state index contributed by atoms with van der Waals surface area (Å²) in [4.78, 5) is 47.7. The molecule has 16 aromatic rings. The molecule has 0 aliphatic carbocycles. The summed E-state index contributed by atoms with van der Waals surface area (Å²) >= 11 is 1.73. The van der Waals surface area contributed by atoms with Crippen LogP contribution in [-0.2, 0) is 101 Å². The zero-order chi connectivity index (χ0) is 69.0. The molecule has 0 spiro atoms. The van der Waals surface area contributed by atoms with E-state index in [1.807, 2.05) is 128 Å². The van der Waals surface area contributed by atoms with Crippen LogP contribution in [-0.4, -0.2) is 51.9 Å². The minimum absolute atomic E-state index is 0. The molecule has 7 aromatic heterocycles. The van der Waals surface area contributed by atoms with Gasteiger partial charge in [0, 0.05) is 184 Å². The Morgan fingerprint density at radius 3 is 1.48 bits per heavy atom. The van der Waals surface area contributed by atoms with Crippen LogP contribution in [0.3, 0.4) is 0 Å². The summed E-state index contributed by atoms with van der Waals surface area (Å²) < 4.78 is 52.9. The van der Waals surface area contributed by atoms with E-state index in [0.717, 1.165) is 57.0 Å². The molecule has 10 nitrogen and oxygen atoms in total. The Hall–Kier alpha value is -9.73. The number of ketones is 1. The van der Waals surface area contributed by atoms with Crippen molar-refractivity contribution in [2.24, 2.45) is 0 Å². The van der Waals surface area contributed by atoms with E-state index in [2.05, 4.69) is 115 Å². The van der Waals surface area contributed by atoms with Gasteiger partial charge in [-0.3, -0.25) is 22.4 Å². The van der Waals surface area contributed by atoms with Crippen molar-refractivity contribution in [1.82, 2.24) is 29.9 Å². The fourth-order valence-corrected chi connectivity index (χ4v) is 10.4. The molecule has 0 aliphatic rings. The molecule has 0 amide bonds. The monoisotopic (exact) mass is 2280 g/mol. The number of aliphatic hydroxyl groups excluding tert-OH is 1. The molecule has 0 bridgehead atoms. The molecule has 2 N–H and O–H groups in total. The number of hydrogen-bond acceptors (Lipinski definition) is 10. The molecule has 5 radical (unpaired) electrons. The number of fused-ring (bicyclic) bond motifs is 5. The van der Waals surface area contributed by atoms with Gasteiger partial charge in [0.1, 0.15) is 11.5 Å². The largest absolute Gasteiger partial charge is 0.507 e. The fraction of sp³-hybridized carbons (Fsp3) is 0. The number of allylic oxidation sites excluding steroid dienone is 1. The van der Waals surface area contributed by atoms with Crippen LogP contribution < -0.4 is 0 Å². The number of carboxylic acid groups (broad SMARTS) is 1. The molecule has 7 heterocycles. The zero-order valence-electron chi connectivity index (χ0n) is 54.1. The maximum Gasteiger partial charge on any atom is 0.354 e. The number of carbonyl (C=O) groups is 2. The molecule has 529 valence electrons. The normalized spacial score (nSPS) is 9.94. The molecule has 0 saturated heterocycles. The van der Waals surface area contributed by atoms with Gasteiger partial charge in [0.25, 0.3) is 0 Å². The number of rotatable bonds is 8. The average molecular weight is 2280 g/mol. The van der Waals surface area contributed by atoms with Crippen LogP contribution in [0, 0.1) is 53.6 Å². The summed E-state index contributed by atoms with van der Waals surface area (Å²) in [5, 5.41) is 25.1. The SMILES string of the molecule is Fc1c[c-]c(-c2ccccn2)c(F)c1.Fc1c[c-]c(-c2ccccn2)c(F)c1.O=C(C=C(O)c1ccccc1)c1ccccc1.O=C(O)c1ccccn1.[Ir].[Ir].[Ir].[Ir].[Ir].[c-]1c(-c2ccccn2)sc2ccccc12.[c-]1cccc2ccc3cccnc3c12.[c-]1ccccc1-c1nccc2ccccc12. The quantitative estimate of drug-likeness (QED) is 0.0376. The first-order valence-electron chi connectivity index (χ1n) is 30.5. The third-order valence-electron chi connectivity index (χ3n) is 14.1. The van der Waals surface area contributed by atoms with Crippen molar-refractivity contribution in [1.29, 1.82) is 0 Å². The molecule has 104 heavy (non-hydrogen) atoms.